The maximum Gasteiger partial charge on any atom is 0.342 e. The van der Waals surface area contributed by atoms with Crippen LogP contribution < -0.4 is 33.3 Å². The Balaban J connectivity index is 0.00000243. The molecule has 0 unspecified atom stereocenters. The second-order valence-corrected chi connectivity index (χ2v) is 5.65. The van der Waals surface area contributed by atoms with Crippen molar-refractivity contribution >= 4 is 5.97 Å². The predicted octanol–water partition coefficient (Wildman–Crippen LogP) is 0.392. The van der Waals surface area contributed by atoms with Gasteiger partial charge in [0.1, 0.15) is 12.2 Å². The molecule has 0 amide bonds. The van der Waals surface area contributed by atoms with Gasteiger partial charge >= 0.3 is 5.97 Å². The lowest BCUT2D eigenvalue weighted by Gasteiger charge is -2.09. The molecule has 0 aliphatic carbocycles. The van der Waals surface area contributed by atoms with Crippen LogP contribution in [0, 0.1) is 0 Å². The summed E-state index contributed by atoms with van der Waals surface area (Å²) in [5.41, 5.74) is 2.63. The van der Waals surface area contributed by atoms with E-state index in [1.165, 1.54) is 12.7 Å². The van der Waals surface area contributed by atoms with Gasteiger partial charge in [0.25, 0.3) is 0 Å². The van der Waals surface area contributed by atoms with Crippen molar-refractivity contribution in [1.29, 1.82) is 0 Å². The predicted molar refractivity (Wildman–Crippen MR) is 94.3 cm³/mol. The summed E-state index contributed by atoms with van der Waals surface area (Å²) in [6, 6.07) is 21.7. The minimum Gasteiger partial charge on any atom is -1.00 e. The van der Waals surface area contributed by atoms with Gasteiger partial charge in [-0.25, -0.2) is 4.79 Å². The van der Waals surface area contributed by atoms with E-state index in [9.17, 15) is 4.79 Å². The van der Waals surface area contributed by atoms with Crippen LogP contribution in [0.2, 0.25) is 0 Å². The maximum absolute atomic E-state index is 12.0. The van der Waals surface area contributed by atoms with E-state index in [4.69, 9.17) is 9.47 Å². The molecule has 5 heteroatoms. The van der Waals surface area contributed by atoms with Gasteiger partial charge in [-0.05, 0) is 5.56 Å². The first-order valence-electron chi connectivity index (χ1n) is 8.08. The Morgan fingerprint density at radius 2 is 1.54 bits per heavy atom. The van der Waals surface area contributed by atoms with Gasteiger partial charge in [-0.1, -0.05) is 60.7 Å². The number of ether oxygens (including phenoxy) is 2. The van der Waals surface area contributed by atoms with Crippen molar-refractivity contribution < 1.29 is 42.8 Å². The highest BCUT2D eigenvalue weighted by molar-refractivity contribution is 5.91. The highest BCUT2D eigenvalue weighted by atomic mass is 127. The Morgan fingerprint density at radius 1 is 0.923 bits per heavy atom. The first-order chi connectivity index (χ1) is 12.3. The topological polar surface area (TPSA) is 39.4 Å². The molecule has 1 aromatic heterocycles. The van der Waals surface area contributed by atoms with E-state index in [1.807, 2.05) is 65.5 Å². The van der Waals surface area contributed by atoms with Gasteiger partial charge in [-0.3, -0.25) is 0 Å². The first-order valence-corrected chi connectivity index (χ1v) is 8.08. The van der Waals surface area contributed by atoms with Crippen molar-refractivity contribution in [3.63, 3.8) is 0 Å². The van der Waals surface area contributed by atoms with Crippen molar-refractivity contribution in [3.05, 3.63) is 95.8 Å². The minimum atomic E-state index is -0.407. The summed E-state index contributed by atoms with van der Waals surface area (Å²) >= 11 is 0. The average molecular weight is 461 g/mol. The van der Waals surface area contributed by atoms with E-state index < -0.39 is 5.97 Å². The molecule has 0 spiro atoms. The number of halogens is 1. The summed E-state index contributed by atoms with van der Waals surface area (Å²) in [5.74, 6) is 0.101. The van der Waals surface area contributed by atoms with E-state index in [0.29, 0.717) is 24.5 Å². The fraction of sp³-hybridized carbons (Fsp3) is 0.143. The first kappa shape index (κ1) is 19.9. The van der Waals surface area contributed by atoms with Crippen LogP contribution in [-0.2, 0) is 17.9 Å². The Bertz CT molecular complexity index is 838. The number of methoxy groups -OCH3 is 1. The zero-order chi connectivity index (χ0) is 17.5. The molecule has 0 fully saturated rings. The number of hydrogen-bond donors (Lipinski definition) is 0. The van der Waals surface area contributed by atoms with Gasteiger partial charge in [0.15, 0.2) is 18.5 Å². The van der Waals surface area contributed by atoms with Crippen LogP contribution in [0.3, 0.4) is 0 Å². The number of nitrogens with zero attached hydrogens (tertiary/aromatic N) is 1. The minimum absolute atomic E-state index is 0. The molecule has 0 bridgehead atoms. The molecular weight excluding hydrogens is 441 g/mol. The van der Waals surface area contributed by atoms with Gasteiger partial charge in [-0.15, -0.1) is 0 Å². The number of carbonyl (C=O) groups excluding carboxylic acids is 1. The maximum atomic E-state index is 12.0. The highest BCUT2D eigenvalue weighted by Crippen LogP contribution is 2.18. The molecule has 4 nitrogen and oxygen atoms in total. The van der Waals surface area contributed by atoms with Crippen LogP contribution in [0.5, 0.6) is 5.75 Å². The molecule has 26 heavy (non-hydrogen) atoms. The van der Waals surface area contributed by atoms with Gasteiger partial charge in [-0.2, -0.15) is 4.57 Å². The second kappa shape index (κ2) is 9.91. The molecular formula is C21H20INO3. The summed E-state index contributed by atoms with van der Waals surface area (Å²) in [5, 5.41) is 0. The Labute approximate surface area is 170 Å². The fourth-order valence-corrected chi connectivity index (χ4v) is 2.54. The fourth-order valence-electron chi connectivity index (χ4n) is 2.54. The van der Waals surface area contributed by atoms with E-state index in [2.05, 4.69) is 12.1 Å². The lowest BCUT2D eigenvalue weighted by molar-refractivity contribution is -0.688. The van der Waals surface area contributed by atoms with Crippen LogP contribution in [0.4, 0.5) is 0 Å². The largest absolute Gasteiger partial charge is 1.00 e. The number of pyridine rings is 1. The number of aromatic nitrogens is 1. The molecule has 3 rings (SSSR count). The molecule has 3 aromatic rings. The highest BCUT2D eigenvalue weighted by Gasteiger charge is 2.18. The van der Waals surface area contributed by atoms with Crippen molar-refractivity contribution in [3.8, 4) is 5.75 Å². The molecule has 0 radical (unpaired) electrons. The van der Waals surface area contributed by atoms with Crippen LogP contribution in [0.25, 0.3) is 0 Å². The van der Waals surface area contributed by atoms with Gasteiger partial charge in [0.05, 0.1) is 7.11 Å². The lowest BCUT2D eigenvalue weighted by Crippen LogP contribution is -3.00. The van der Waals surface area contributed by atoms with Crippen molar-refractivity contribution in [2.24, 2.45) is 0 Å². The number of carbonyl (C=O) groups is 1. The average Bonchev–Trinajstić information content (AvgIpc) is 2.67. The Hall–Kier alpha value is -2.41. The van der Waals surface area contributed by atoms with E-state index in [0.717, 1.165) is 5.56 Å². The molecule has 0 saturated heterocycles. The third-order valence-corrected chi connectivity index (χ3v) is 3.83. The van der Waals surface area contributed by atoms with Crippen molar-refractivity contribution in [2.75, 3.05) is 7.11 Å². The quantitative estimate of drug-likeness (QED) is 0.303. The van der Waals surface area contributed by atoms with E-state index >= 15 is 0 Å². The van der Waals surface area contributed by atoms with Gasteiger partial charge in [0, 0.05) is 11.6 Å². The summed E-state index contributed by atoms with van der Waals surface area (Å²) in [6.45, 7) is 1.09. The van der Waals surface area contributed by atoms with Gasteiger partial charge in [0.2, 0.25) is 6.20 Å². The summed E-state index contributed by atoms with van der Waals surface area (Å²) in [6.07, 6.45) is 3.69. The zero-order valence-corrected chi connectivity index (χ0v) is 16.6. The molecule has 134 valence electrons. The molecule has 2 aromatic carbocycles. The van der Waals surface area contributed by atoms with Crippen LogP contribution in [0.15, 0.2) is 79.1 Å². The zero-order valence-electron chi connectivity index (χ0n) is 14.5. The monoisotopic (exact) mass is 461 g/mol. The van der Waals surface area contributed by atoms with Crippen LogP contribution >= 0.6 is 0 Å². The summed E-state index contributed by atoms with van der Waals surface area (Å²) in [7, 11) is 1.37. The number of esters is 1. The molecule has 0 atom stereocenters. The number of benzene rings is 2. The molecule has 1 heterocycles. The van der Waals surface area contributed by atoms with Crippen molar-refractivity contribution in [1.82, 2.24) is 0 Å². The smallest absolute Gasteiger partial charge is 0.342 e. The molecule has 0 saturated carbocycles. The number of hydrogen-bond acceptors (Lipinski definition) is 3. The standard InChI is InChI=1S/C21H20NO3.HI/c1-24-21(23)19-12-13-22(14-17-8-4-2-5-9-17)15-20(19)25-16-18-10-6-3-7-11-18;/h2-13,15H,14,16H2,1H3;1H/q+1;/p-1. The second-order valence-electron chi connectivity index (χ2n) is 5.65. The van der Waals surface area contributed by atoms with Crippen molar-refractivity contribution in [2.45, 2.75) is 13.2 Å². The Morgan fingerprint density at radius 3 is 2.15 bits per heavy atom. The van der Waals surface area contributed by atoms with E-state index in [1.54, 1.807) is 6.07 Å². The molecule has 0 aliphatic heterocycles. The summed E-state index contributed by atoms with van der Waals surface area (Å²) < 4.78 is 12.7. The van der Waals surface area contributed by atoms with Crippen LogP contribution in [-0.4, -0.2) is 13.1 Å². The Kier molecular flexibility index (Phi) is 7.59. The normalized spacial score (nSPS) is 9.88. The van der Waals surface area contributed by atoms with Gasteiger partial charge < -0.3 is 33.5 Å². The SMILES string of the molecule is COC(=O)c1cc[n+](Cc2ccccc2)cc1OCc1ccccc1.[I-]. The third kappa shape index (κ3) is 5.29. The third-order valence-electron chi connectivity index (χ3n) is 3.83. The van der Waals surface area contributed by atoms with E-state index in [-0.39, 0.29) is 24.0 Å². The summed E-state index contributed by atoms with van der Waals surface area (Å²) in [4.78, 5) is 12.0. The molecule has 0 aliphatic rings. The van der Waals surface area contributed by atoms with Crippen LogP contribution in [0.1, 0.15) is 21.5 Å². The lowest BCUT2D eigenvalue weighted by atomic mass is 10.2. The number of rotatable bonds is 6. The molecule has 0 N–H and O–H groups in total.